The molecule has 2 aliphatic rings. The van der Waals surface area contributed by atoms with Gasteiger partial charge in [-0.2, -0.15) is 5.26 Å². The summed E-state index contributed by atoms with van der Waals surface area (Å²) >= 11 is 0. The normalized spacial score (nSPS) is 17.3. The molecule has 0 spiro atoms. The van der Waals surface area contributed by atoms with Gasteiger partial charge in [-0.15, -0.1) is 0 Å². The third-order valence-corrected chi connectivity index (χ3v) is 8.00. The maximum Gasteiger partial charge on any atom is 0.492 e. The molecule has 0 aromatic heterocycles. The third-order valence-electron chi connectivity index (χ3n) is 8.00. The fraction of sp³-hybridized carbons (Fsp3) is 0.312. The molecule has 6 nitrogen and oxygen atoms in total. The first kappa shape index (κ1) is 26.7. The van der Waals surface area contributed by atoms with E-state index in [2.05, 4.69) is 35.7 Å². The number of carbonyl (C=O) groups is 1. The summed E-state index contributed by atoms with van der Waals surface area (Å²) in [6.45, 7) is 10.3. The van der Waals surface area contributed by atoms with Gasteiger partial charge in [-0.25, -0.2) is 4.79 Å². The minimum atomic E-state index is -0.684. The largest absolute Gasteiger partial charge is 0.492 e. The van der Waals surface area contributed by atoms with Crippen molar-refractivity contribution in [3.05, 3.63) is 100 Å². The molecule has 7 heteroatoms. The van der Waals surface area contributed by atoms with Gasteiger partial charge < -0.3 is 19.4 Å². The SMILES string of the molecule is Cc1ccc(C#N)c(C=C(CNC(=O)OCC2c3ccccc3-c3ccccc32)B2OC(C)(C)C(C)(C)O2)c1. The molecule has 1 heterocycles. The van der Waals surface area contributed by atoms with Crippen LogP contribution >= 0.6 is 0 Å². The molecule has 1 aliphatic heterocycles. The second kappa shape index (κ2) is 10.4. The molecule has 1 saturated heterocycles. The average Bonchev–Trinajstić information content (AvgIpc) is 3.34. The van der Waals surface area contributed by atoms with E-state index in [1.165, 1.54) is 11.1 Å². The number of amides is 1. The Morgan fingerprint density at radius 3 is 2.18 bits per heavy atom. The van der Waals surface area contributed by atoms with Crippen LogP contribution in [0.15, 0.2) is 72.2 Å². The van der Waals surface area contributed by atoms with Gasteiger partial charge in [-0.05, 0) is 74.0 Å². The number of nitrogens with zero attached hydrogens (tertiary/aromatic N) is 1. The zero-order valence-electron chi connectivity index (χ0n) is 23.1. The molecular weight excluding hydrogens is 487 g/mol. The number of carbonyl (C=O) groups excluding carboxylic acids is 1. The summed E-state index contributed by atoms with van der Waals surface area (Å²) in [5.74, 6) is -0.0215. The van der Waals surface area contributed by atoms with Crippen molar-refractivity contribution in [1.82, 2.24) is 5.32 Å². The smallest absolute Gasteiger partial charge is 0.449 e. The van der Waals surface area contributed by atoms with E-state index < -0.39 is 24.4 Å². The third kappa shape index (κ3) is 5.23. The van der Waals surface area contributed by atoms with Crippen molar-refractivity contribution >= 4 is 19.3 Å². The Morgan fingerprint density at radius 2 is 1.59 bits per heavy atom. The van der Waals surface area contributed by atoms with E-state index in [1.54, 1.807) is 6.07 Å². The Balaban J connectivity index is 1.33. The summed E-state index contributed by atoms with van der Waals surface area (Å²) in [6.07, 6.45) is 1.35. The number of ether oxygens (including phenoxy) is 1. The molecule has 198 valence electrons. The molecule has 0 unspecified atom stereocenters. The lowest BCUT2D eigenvalue weighted by Crippen LogP contribution is -2.41. The number of nitriles is 1. The molecule has 0 atom stereocenters. The minimum absolute atomic E-state index is 0.0215. The van der Waals surface area contributed by atoms with Gasteiger partial charge in [0.1, 0.15) is 6.61 Å². The van der Waals surface area contributed by atoms with Crippen molar-refractivity contribution in [1.29, 1.82) is 5.26 Å². The van der Waals surface area contributed by atoms with Crippen LogP contribution in [-0.4, -0.2) is 37.6 Å². The number of fused-ring (bicyclic) bond motifs is 3. The standard InChI is InChI=1S/C32H33BN2O4/c1-21-14-15-22(18-34)23(16-21)17-24(33-38-31(2,3)32(4,5)39-33)19-35-30(36)37-20-29-27-12-8-6-10-25(27)26-11-7-9-13-28(26)29/h6-17,29H,19-20H2,1-5H3,(H,35,36). The highest BCUT2D eigenvalue weighted by atomic mass is 16.7. The molecule has 0 bridgehead atoms. The van der Waals surface area contributed by atoms with Gasteiger partial charge in [-0.1, -0.05) is 72.3 Å². The molecule has 0 saturated carbocycles. The molecule has 5 rings (SSSR count). The highest BCUT2D eigenvalue weighted by Gasteiger charge is 2.52. The van der Waals surface area contributed by atoms with E-state index in [1.807, 2.05) is 77.1 Å². The van der Waals surface area contributed by atoms with Crippen LogP contribution in [0.4, 0.5) is 4.79 Å². The number of nitrogens with one attached hydrogen (secondary N) is 1. The molecule has 1 aliphatic carbocycles. The zero-order valence-corrected chi connectivity index (χ0v) is 23.1. The average molecular weight is 520 g/mol. The van der Waals surface area contributed by atoms with Gasteiger partial charge in [0.25, 0.3) is 0 Å². The van der Waals surface area contributed by atoms with Crippen molar-refractivity contribution < 1.29 is 18.8 Å². The first-order valence-corrected chi connectivity index (χ1v) is 13.3. The van der Waals surface area contributed by atoms with Gasteiger partial charge in [0.15, 0.2) is 0 Å². The predicted octanol–water partition coefficient (Wildman–Crippen LogP) is 6.42. The molecule has 0 radical (unpaired) electrons. The molecule has 3 aromatic rings. The van der Waals surface area contributed by atoms with E-state index in [0.29, 0.717) is 11.0 Å². The van der Waals surface area contributed by atoms with Gasteiger partial charge in [0.2, 0.25) is 0 Å². The molecule has 1 N–H and O–H groups in total. The zero-order chi connectivity index (χ0) is 27.8. The number of rotatable bonds is 6. The van der Waals surface area contributed by atoms with Gasteiger partial charge in [0.05, 0.1) is 22.8 Å². The van der Waals surface area contributed by atoms with Crippen molar-refractivity contribution in [2.45, 2.75) is 51.7 Å². The molecule has 39 heavy (non-hydrogen) atoms. The number of benzene rings is 3. The Labute approximate surface area is 230 Å². The number of alkyl carbamates (subject to hydrolysis) is 1. The minimum Gasteiger partial charge on any atom is -0.449 e. The van der Waals surface area contributed by atoms with Gasteiger partial charge in [-0.3, -0.25) is 0 Å². The lowest BCUT2D eigenvalue weighted by molar-refractivity contribution is 0.00578. The Morgan fingerprint density at radius 1 is 1.00 bits per heavy atom. The fourth-order valence-corrected chi connectivity index (χ4v) is 5.12. The maximum atomic E-state index is 12.9. The summed E-state index contributed by atoms with van der Waals surface area (Å²) in [4.78, 5) is 12.9. The van der Waals surface area contributed by atoms with E-state index >= 15 is 0 Å². The van der Waals surface area contributed by atoms with Crippen molar-refractivity contribution in [2.24, 2.45) is 0 Å². The molecular formula is C32H33BN2O4. The van der Waals surface area contributed by atoms with Crippen LogP contribution in [0.3, 0.4) is 0 Å². The topological polar surface area (TPSA) is 80.6 Å². The van der Waals surface area contributed by atoms with Crippen LogP contribution in [0.1, 0.15) is 61.4 Å². The quantitative estimate of drug-likeness (QED) is 0.380. The summed E-state index contributed by atoms with van der Waals surface area (Å²) in [7, 11) is -0.684. The summed E-state index contributed by atoms with van der Waals surface area (Å²) in [5, 5.41) is 12.5. The summed E-state index contributed by atoms with van der Waals surface area (Å²) in [6, 6.07) is 24.4. The van der Waals surface area contributed by atoms with Gasteiger partial charge >= 0.3 is 13.2 Å². The lowest BCUT2D eigenvalue weighted by Gasteiger charge is -2.32. The van der Waals surface area contributed by atoms with E-state index in [0.717, 1.165) is 22.3 Å². The monoisotopic (exact) mass is 520 g/mol. The van der Waals surface area contributed by atoms with Crippen LogP contribution in [0.2, 0.25) is 0 Å². The second-order valence-electron chi connectivity index (χ2n) is 11.2. The van der Waals surface area contributed by atoms with E-state index in [-0.39, 0.29) is 19.1 Å². The predicted molar refractivity (Wildman–Crippen MR) is 153 cm³/mol. The van der Waals surface area contributed by atoms with Crippen LogP contribution in [0.25, 0.3) is 17.2 Å². The summed E-state index contributed by atoms with van der Waals surface area (Å²) in [5.41, 5.74) is 6.59. The fourth-order valence-electron chi connectivity index (χ4n) is 5.12. The Bertz CT molecular complexity index is 1430. The Kier molecular flexibility index (Phi) is 7.11. The number of aryl methyl sites for hydroxylation is 1. The first-order chi connectivity index (χ1) is 18.6. The maximum absolute atomic E-state index is 12.9. The van der Waals surface area contributed by atoms with Gasteiger partial charge in [0, 0.05) is 12.5 Å². The van der Waals surface area contributed by atoms with Crippen LogP contribution in [0.5, 0.6) is 0 Å². The van der Waals surface area contributed by atoms with E-state index in [9.17, 15) is 10.1 Å². The highest BCUT2D eigenvalue weighted by molar-refractivity contribution is 6.56. The van der Waals surface area contributed by atoms with Crippen molar-refractivity contribution in [3.8, 4) is 17.2 Å². The molecule has 1 fully saturated rings. The second-order valence-corrected chi connectivity index (χ2v) is 11.2. The first-order valence-electron chi connectivity index (χ1n) is 13.3. The molecule has 3 aromatic carbocycles. The number of hydrogen-bond acceptors (Lipinski definition) is 5. The highest BCUT2D eigenvalue weighted by Crippen LogP contribution is 2.44. The summed E-state index contributed by atoms with van der Waals surface area (Å²) < 4.78 is 18.3. The van der Waals surface area contributed by atoms with Crippen LogP contribution in [-0.2, 0) is 14.0 Å². The van der Waals surface area contributed by atoms with Crippen LogP contribution in [0, 0.1) is 18.3 Å². The molecule has 1 amide bonds. The van der Waals surface area contributed by atoms with E-state index in [4.69, 9.17) is 14.0 Å². The van der Waals surface area contributed by atoms with Crippen molar-refractivity contribution in [2.75, 3.05) is 13.2 Å². The lowest BCUT2D eigenvalue weighted by atomic mass is 9.76. The van der Waals surface area contributed by atoms with Crippen LogP contribution < -0.4 is 5.32 Å². The van der Waals surface area contributed by atoms with Crippen molar-refractivity contribution in [3.63, 3.8) is 0 Å². The number of hydrogen-bond donors (Lipinski definition) is 1. The Hall–Kier alpha value is -3.86.